The van der Waals surface area contributed by atoms with Crippen LogP contribution < -0.4 is 5.32 Å². The second-order valence-electron chi connectivity index (χ2n) is 7.51. The van der Waals surface area contributed by atoms with Crippen molar-refractivity contribution in [3.8, 4) is 0 Å². The lowest BCUT2D eigenvalue weighted by atomic mass is 10.1. The molecule has 1 aromatic rings. The smallest absolute Gasteiger partial charge is 0.225 e. The van der Waals surface area contributed by atoms with E-state index in [1.807, 2.05) is 27.7 Å². The molecule has 1 aliphatic heterocycles. The Morgan fingerprint density at radius 3 is 2.57 bits per heavy atom. The molecule has 1 aromatic heterocycles. The standard InChI is InChI=1S/C17H27N3O2S/c1-10(2)16-19-11(3)13(23-16)8-18-15(22)12-7-14(21)20(9-12)17(4,5)6/h10,12H,7-9H2,1-6H3,(H,18,22)/t12-/m1/s1. The van der Waals surface area contributed by atoms with Crippen LogP contribution in [0.15, 0.2) is 0 Å². The van der Waals surface area contributed by atoms with Crippen LogP contribution in [0.1, 0.15) is 62.5 Å². The zero-order valence-electron chi connectivity index (χ0n) is 14.9. The first kappa shape index (κ1) is 17.9. The second-order valence-corrected chi connectivity index (χ2v) is 8.62. The largest absolute Gasteiger partial charge is 0.351 e. The molecule has 23 heavy (non-hydrogen) atoms. The fourth-order valence-corrected chi connectivity index (χ4v) is 3.71. The van der Waals surface area contributed by atoms with Crippen molar-refractivity contribution in [1.29, 1.82) is 0 Å². The van der Waals surface area contributed by atoms with Gasteiger partial charge in [0.25, 0.3) is 0 Å². The Hall–Kier alpha value is -1.43. The maximum absolute atomic E-state index is 12.4. The first-order chi connectivity index (χ1) is 10.6. The van der Waals surface area contributed by atoms with Gasteiger partial charge in [0.1, 0.15) is 0 Å². The van der Waals surface area contributed by atoms with Gasteiger partial charge in [0.05, 0.1) is 23.2 Å². The summed E-state index contributed by atoms with van der Waals surface area (Å²) in [6.07, 6.45) is 0.308. The van der Waals surface area contributed by atoms with Crippen molar-refractivity contribution in [3.05, 3.63) is 15.6 Å². The summed E-state index contributed by atoms with van der Waals surface area (Å²) in [6.45, 7) is 13.2. The molecule has 0 spiro atoms. The van der Waals surface area contributed by atoms with Gasteiger partial charge < -0.3 is 10.2 Å². The molecule has 1 atom stereocenters. The number of likely N-dealkylation sites (tertiary alicyclic amines) is 1. The summed E-state index contributed by atoms with van der Waals surface area (Å²) >= 11 is 1.65. The number of rotatable bonds is 4. The average molecular weight is 337 g/mol. The van der Waals surface area contributed by atoms with Crippen LogP contribution >= 0.6 is 11.3 Å². The minimum atomic E-state index is -0.250. The van der Waals surface area contributed by atoms with E-state index in [0.717, 1.165) is 15.6 Å². The van der Waals surface area contributed by atoms with Gasteiger partial charge in [-0.2, -0.15) is 0 Å². The van der Waals surface area contributed by atoms with Crippen molar-refractivity contribution in [2.75, 3.05) is 6.54 Å². The highest BCUT2D eigenvalue weighted by Crippen LogP contribution is 2.27. The fraction of sp³-hybridized carbons (Fsp3) is 0.706. The van der Waals surface area contributed by atoms with Gasteiger partial charge in [0.2, 0.25) is 11.8 Å². The molecule has 2 heterocycles. The lowest BCUT2D eigenvalue weighted by Crippen LogP contribution is -2.43. The van der Waals surface area contributed by atoms with Crippen molar-refractivity contribution in [1.82, 2.24) is 15.2 Å². The highest BCUT2D eigenvalue weighted by atomic mass is 32.1. The monoisotopic (exact) mass is 337 g/mol. The zero-order valence-corrected chi connectivity index (χ0v) is 15.7. The molecular weight excluding hydrogens is 310 g/mol. The fourth-order valence-electron chi connectivity index (χ4n) is 2.70. The quantitative estimate of drug-likeness (QED) is 0.919. The molecule has 6 heteroatoms. The summed E-state index contributed by atoms with van der Waals surface area (Å²) in [5.41, 5.74) is 0.754. The number of nitrogens with one attached hydrogen (secondary N) is 1. The number of hydrogen-bond acceptors (Lipinski definition) is 4. The van der Waals surface area contributed by atoms with E-state index in [1.54, 1.807) is 16.2 Å². The molecule has 0 radical (unpaired) electrons. The molecule has 5 nitrogen and oxygen atoms in total. The maximum Gasteiger partial charge on any atom is 0.225 e. The Morgan fingerprint density at radius 2 is 2.09 bits per heavy atom. The molecule has 2 amide bonds. The predicted octanol–water partition coefficient (Wildman–Crippen LogP) is 2.84. The van der Waals surface area contributed by atoms with Crippen LogP contribution in [-0.4, -0.2) is 33.8 Å². The van der Waals surface area contributed by atoms with E-state index in [-0.39, 0.29) is 23.3 Å². The van der Waals surface area contributed by atoms with E-state index >= 15 is 0 Å². The van der Waals surface area contributed by atoms with Gasteiger partial charge in [-0.1, -0.05) is 13.8 Å². The maximum atomic E-state index is 12.4. The summed E-state index contributed by atoms with van der Waals surface area (Å²) in [6, 6.07) is 0. The molecule has 1 N–H and O–H groups in total. The Kier molecular flexibility index (Phi) is 5.14. The number of carbonyl (C=O) groups excluding carboxylic acids is 2. The summed E-state index contributed by atoms with van der Waals surface area (Å²) in [5, 5.41) is 4.08. The number of amides is 2. The Balaban J connectivity index is 1.95. The Labute approximate surface area is 142 Å². The highest BCUT2D eigenvalue weighted by Gasteiger charge is 2.39. The summed E-state index contributed by atoms with van der Waals surface area (Å²) in [5.74, 6) is 0.174. The van der Waals surface area contributed by atoms with Gasteiger partial charge >= 0.3 is 0 Å². The van der Waals surface area contributed by atoms with Gasteiger partial charge in [-0.05, 0) is 27.7 Å². The van der Waals surface area contributed by atoms with Crippen molar-refractivity contribution in [2.24, 2.45) is 5.92 Å². The lowest BCUT2D eigenvalue weighted by molar-refractivity contribution is -0.132. The molecule has 2 rings (SSSR count). The number of aryl methyl sites for hydroxylation is 1. The van der Waals surface area contributed by atoms with Crippen LogP contribution in [0.4, 0.5) is 0 Å². The molecule has 0 saturated carbocycles. The van der Waals surface area contributed by atoms with Crippen LogP contribution in [0.2, 0.25) is 0 Å². The normalized spacial score (nSPS) is 18.8. The van der Waals surface area contributed by atoms with E-state index in [1.165, 1.54) is 0 Å². The van der Waals surface area contributed by atoms with Crippen LogP contribution in [0, 0.1) is 12.8 Å². The molecule has 1 fully saturated rings. The van der Waals surface area contributed by atoms with Crippen LogP contribution in [-0.2, 0) is 16.1 Å². The Morgan fingerprint density at radius 1 is 1.43 bits per heavy atom. The molecule has 128 valence electrons. The number of thiazole rings is 1. The minimum absolute atomic E-state index is 0.0380. The van der Waals surface area contributed by atoms with Gasteiger partial charge in [0.15, 0.2) is 0 Å². The summed E-state index contributed by atoms with van der Waals surface area (Å²) in [4.78, 5) is 31.9. The van der Waals surface area contributed by atoms with E-state index in [2.05, 4.69) is 24.1 Å². The van der Waals surface area contributed by atoms with Gasteiger partial charge in [-0.25, -0.2) is 4.98 Å². The lowest BCUT2D eigenvalue weighted by Gasteiger charge is -2.31. The topological polar surface area (TPSA) is 62.3 Å². The Bertz CT molecular complexity index is 601. The minimum Gasteiger partial charge on any atom is -0.351 e. The first-order valence-electron chi connectivity index (χ1n) is 8.14. The third-order valence-electron chi connectivity index (χ3n) is 4.13. The van der Waals surface area contributed by atoms with E-state index in [0.29, 0.717) is 25.4 Å². The van der Waals surface area contributed by atoms with Gasteiger partial charge in [-0.15, -0.1) is 11.3 Å². The number of aromatic nitrogens is 1. The zero-order chi connectivity index (χ0) is 17.4. The number of hydrogen-bond donors (Lipinski definition) is 1. The molecule has 1 aliphatic rings. The van der Waals surface area contributed by atoms with Crippen molar-refractivity contribution in [2.45, 2.75) is 66.0 Å². The third kappa shape index (κ3) is 4.10. The van der Waals surface area contributed by atoms with E-state index < -0.39 is 0 Å². The molecule has 0 aromatic carbocycles. The highest BCUT2D eigenvalue weighted by molar-refractivity contribution is 7.11. The number of carbonyl (C=O) groups is 2. The third-order valence-corrected chi connectivity index (χ3v) is 5.59. The van der Waals surface area contributed by atoms with Gasteiger partial charge in [0, 0.05) is 29.3 Å². The molecule has 0 unspecified atom stereocenters. The molecular formula is C17H27N3O2S. The summed E-state index contributed by atoms with van der Waals surface area (Å²) in [7, 11) is 0. The molecule has 0 bridgehead atoms. The van der Waals surface area contributed by atoms with Crippen LogP contribution in [0.3, 0.4) is 0 Å². The average Bonchev–Trinajstić information content (AvgIpc) is 2.99. The van der Waals surface area contributed by atoms with Gasteiger partial charge in [-0.3, -0.25) is 9.59 Å². The van der Waals surface area contributed by atoms with Crippen molar-refractivity contribution >= 4 is 23.2 Å². The van der Waals surface area contributed by atoms with Crippen LogP contribution in [0.5, 0.6) is 0 Å². The first-order valence-corrected chi connectivity index (χ1v) is 8.95. The van der Waals surface area contributed by atoms with Crippen molar-refractivity contribution in [3.63, 3.8) is 0 Å². The molecule has 1 saturated heterocycles. The SMILES string of the molecule is Cc1nc(C(C)C)sc1CNC(=O)[C@@H]1CC(=O)N(C(C)(C)C)C1. The number of nitrogens with zero attached hydrogens (tertiary/aromatic N) is 2. The molecule has 0 aliphatic carbocycles. The predicted molar refractivity (Wildman–Crippen MR) is 92.4 cm³/mol. The van der Waals surface area contributed by atoms with E-state index in [9.17, 15) is 9.59 Å². The summed E-state index contributed by atoms with van der Waals surface area (Å²) < 4.78 is 0. The second kappa shape index (κ2) is 6.59. The van der Waals surface area contributed by atoms with Crippen molar-refractivity contribution < 1.29 is 9.59 Å². The van der Waals surface area contributed by atoms with E-state index in [4.69, 9.17) is 0 Å². The van der Waals surface area contributed by atoms with Crippen LogP contribution in [0.25, 0.3) is 0 Å².